The molecule has 1 aromatic heterocycles. The second-order valence-electron chi connectivity index (χ2n) is 2.32. The van der Waals surface area contributed by atoms with Gasteiger partial charge >= 0.3 is 0 Å². The monoisotopic (exact) mass is 255 g/mol. The fourth-order valence-electron chi connectivity index (χ4n) is 0.828. The van der Waals surface area contributed by atoms with Crippen LogP contribution < -0.4 is 5.43 Å². The van der Waals surface area contributed by atoms with Gasteiger partial charge in [0.15, 0.2) is 5.82 Å². The quantitative estimate of drug-likeness (QED) is 0.809. The summed E-state index contributed by atoms with van der Waals surface area (Å²) >= 11 is 2.87. The first-order chi connectivity index (χ1) is 6.06. The van der Waals surface area contributed by atoms with Crippen molar-refractivity contribution in [3.63, 3.8) is 0 Å². The van der Waals surface area contributed by atoms with E-state index in [1.165, 1.54) is 0 Å². The maximum atomic E-state index is 12.8. The highest BCUT2D eigenvalue weighted by atomic mass is 79.9. The molecule has 2 nitrogen and oxygen atoms in total. The fourth-order valence-corrected chi connectivity index (χ4v) is 1.21. The maximum Gasteiger partial charge on any atom is 0.278 e. The first kappa shape index (κ1) is 10.3. The zero-order valence-electron chi connectivity index (χ0n) is 6.28. The van der Waals surface area contributed by atoms with Crippen LogP contribution in [0.15, 0.2) is 10.9 Å². The van der Waals surface area contributed by atoms with Crippen LogP contribution in [0.2, 0.25) is 0 Å². The molecule has 1 N–H and O–H groups in total. The minimum Gasteiger partial charge on any atom is -0.354 e. The van der Waals surface area contributed by atoms with Crippen LogP contribution >= 0.6 is 15.9 Å². The van der Waals surface area contributed by atoms with Crippen LogP contribution in [0.4, 0.5) is 13.2 Å². The lowest BCUT2D eigenvalue weighted by Gasteiger charge is -2.03. The summed E-state index contributed by atoms with van der Waals surface area (Å²) in [7, 11) is 0. The number of hydrogen-bond donors (Lipinski definition) is 1. The Bertz CT molecular complexity index is 363. The summed E-state index contributed by atoms with van der Waals surface area (Å²) < 4.78 is 37.0. The van der Waals surface area contributed by atoms with Crippen LogP contribution in [0.25, 0.3) is 0 Å². The highest BCUT2D eigenvalue weighted by molar-refractivity contribution is 9.08. The predicted molar refractivity (Wildman–Crippen MR) is 44.6 cm³/mol. The highest BCUT2D eigenvalue weighted by Crippen LogP contribution is 2.16. The minimum absolute atomic E-state index is 0.00532. The Morgan fingerprint density at radius 2 is 2.15 bits per heavy atom. The number of aromatic amines is 1. The Morgan fingerprint density at radius 3 is 2.62 bits per heavy atom. The van der Waals surface area contributed by atoms with Crippen molar-refractivity contribution in [1.29, 1.82) is 0 Å². The summed E-state index contributed by atoms with van der Waals surface area (Å²) in [5.41, 5.74) is -1.76. The first-order valence-corrected chi connectivity index (χ1v) is 4.44. The van der Waals surface area contributed by atoms with Crippen LogP contribution in [0, 0.1) is 5.82 Å². The van der Waals surface area contributed by atoms with Crippen molar-refractivity contribution in [3.8, 4) is 0 Å². The lowest BCUT2D eigenvalue weighted by Crippen LogP contribution is -2.13. The van der Waals surface area contributed by atoms with Gasteiger partial charge in [0.1, 0.15) is 0 Å². The van der Waals surface area contributed by atoms with Crippen molar-refractivity contribution in [2.45, 2.75) is 11.8 Å². The average Bonchev–Trinajstić information content (AvgIpc) is 2.09. The summed E-state index contributed by atoms with van der Waals surface area (Å²) in [6.45, 7) is 0. The molecule has 0 spiro atoms. The van der Waals surface area contributed by atoms with Crippen molar-refractivity contribution in [2.24, 2.45) is 0 Å². The normalized spacial score (nSPS) is 10.8. The molecule has 0 saturated carbocycles. The van der Waals surface area contributed by atoms with E-state index in [0.717, 1.165) is 0 Å². The number of halogens is 4. The summed E-state index contributed by atoms with van der Waals surface area (Å²) in [4.78, 5) is 12.9. The van der Waals surface area contributed by atoms with Crippen molar-refractivity contribution in [2.75, 3.05) is 0 Å². The second kappa shape index (κ2) is 3.95. The Morgan fingerprint density at radius 1 is 1.54 bits per heavy atom. The molecule has 0 radical (unpaired) electrons. The van der Waals surface area contributed by atoms with E-state index in [-0.39, 0.29) is 11.0 Å². The van der Waals surface area contributed by atoms with E-state index in [0.29, 0.717) is 6.07 Å². The number of aromatic nitrogens is 1. The Hall–Kier alpha value is -0.780. The van der Waals surface area contributed by atoms with Gasteiger partial charge in [-0.1, -0.05) is 15.9 Å². The molecule has 0 aliphatic heterocycles. The molecule has 0 bridgehead atoms. The van der Waals surface area contributed by atoms with Crippen molar-refractivity contribution < 1.29 is 13.2 Å². The Kier molecular flexibility index (Phi) is 3.13. The fraction of sp³-hybridized carbons (Fsp3) is 0.286. The molecule has 0 fully saturated rings. The molecule has 0 aliphatic rings. The molecule has 0 atom stereocenters. The molecule has 1 aromatic rings. The molecular formula is C7H5BrF3NO. The summed E-state index contributed by atoms with van der Waals surface area (Å²) in [6.07, 6.45) is -2.80. The van der Waals surface area contributed by atoms with Gasteiger partial charge in [0, 0.05) is 11.4 Å². The predicted octanol–water partition coefficient (Wildman–Crippen LogP) is 2.35. The van der Waals surface area contributed by atoms with Gasteiger partial charge in [-0.05, 0) is 0 Å². The molecule has 0 unspecified atom stereocenters. The van der Waals surface area contributed by atoms with E-state index < -0.39 is 23.4 Å². The maximum absolute atomic E-state index is 12.8. The topological polar surface area (TPSA) is 32.9 Å². The van der Waals surface area contributed by atoms with Gasteiger partial charge in [-0.25, -0.2) is 13.2 Å². The Balaban J connectivity index is 3.31. The zero-order chi connectivity index (χ0) is 10.0. The minimum atomic E-state index is -2.80. The van der Waals surface area contributed by atoms with Crippen molar-refractivity contribution >= 4 is 15.9 Å². The largest absolute Gasteiger partial charge is 0.354 e. The number of alkyl halides is 3. The van der Waals surface area contributed by atoms with E-state index >= 15 is 0 Å². The molecule has 72 valence electrons. The van der Waals surface area contributed by atoms with E-state index in [4.69, 9.17) is 0 Å². The van der Waals surface area contributed by atoms with Crippen LogP contribution in [-0.4, -0.2) is 4.98 Å². The van der Waals surface area contributed by atoms with Crippen molar-refractivity contribution in [3.05, 3.63) is 33.5 Å². The SMILES string of the molecule is O=c1cc(C(F)F)[nH]c(CBr)c1F. The zero-order valence-corrected chi connectivity index (χ0v) is 7.87. The molecule has 6 heteroatoms. The van der Waals surface area contributed by atoms with E-state index in [1.807, 2.05) is 0 Å². The molecule has 13 heavy (non-hydrogen) atoms. The van der Waals surface area contributed by atoms with E-state index in [1.54, 1.807) is 0 Å². The third-order valence-electron chi connectivity index (χ3n) is 1.43. The van der Waals surface area contributed by atoms with Crippen LogP contribution in [-0.2, 0) is 5.33 Å². The molecule has 0 aliphatic carbocycles. The van der Waals surface area contributed by atoms with Gasteiger partial charge in [-0.3, -0.25) is 4.79 Å². The second-order valence-corrected chi connectivity index (χ2v) is 2.88. The van der Waals surface area contributed by atoms with Crippen molar-refractivity contribution in [1.82, 2.24) is 4.98 Å². The van der Waals surface area contributed by atoms with E-state index in [9.17, 15) is 18.0 Å². The third-order valence-corrected chi connectivity index (χ3v) is 1.99. The molecule has 0 aromatic carbocycles. The van der Waals surface area contributed by atoms with Gasteiger partial charge < -0.3 is 4.98 Å². The molecular weight excluding hydrogens is 251 g/mol. The number of hydrogen-bond acceptors (Lipinski definition) is 1. The summed E-state index contributed by atoms with van der Waals surface area (Å²) in [5.74, 6) is -1.03. The molecule has 1 rings (SSSR count). The van der Waals surface area contributed by atoms with Gasteiger partial charge in [0.25, 0.3) is 6.43 Å². The van der Waals surface area contributed by atoms with Crippen LogP contribution in [0.5, 0.6) is 0 Å². The van der Waals surface area contributed by atoms with Gasteiger partial charge in [0.05, 0.1) is 11.4 Å². The number of pyridine rings is 1. The Labute approximate surface area is 79.9 Å². The standard InChI is InChI=1S/C7H5BrF3NO/c8-2-4-6(9)5(13)1-3(12-4)7(10)11/h1,7H,2H2,(H,12,13). The average molecular weight is 256 g/mol. The van der Waals surface area contributed by atoms with Gasteiger partial charge in [-0.2, -0.15) is 0 Å². The summed E-state index contributed by atoms with van der Waals surface area (Å²) in [5, 5.41) is -0.00532. The molecule has 0 amide bonds. The number of H-pyrrole nitrogens is 1. The third kappa shape index (κ3) is 2.12. The number of rotatable bonds is 2. The highest BCUT2D eigenvalue weighted by Gasteiger charge is 2.13. The molecule has 0 saturated heterocycles. The van der Waals surface area contributed by atoms with Gasteiger partial charge in [-0.15, -0.1) is 0 Å². The smallest absolute Gasteiger partial charge is 0.278 e. The molecule has 1 heterocycles. The number of nitrogens with one attached hydrogen (secondary N) is 1. The first-order valence-electron chi connectivity index (χ1n) is 3.32. The van der Waals surface area contributed by atoms with E-state index in [2.05, 4.69) is 20.9 Å². The van der Waals surface area contributed by atoms with Gasteiger partial charge in [0.2, 0.25) is 5.43 Å². The lowest BCUT2D eigenvalue weighted by molar-refractivity contribution is 0.145. The van der Waals surface area contributed by atoms with Crippen LogP contribution in [0.3, 0.4) is 0 Å². The van der Waals surface area contributed by atoms with Crippen LogP contribution in [0.1, 0.15) is 17.8 Å². The lowest BCUT2D eigenvalue weighted by atomic mass is 10.3. The summed E-state index contributed by atoms with van der Waals surface area (Å²) in [6, 6.07) is 0.562.